The third-order valence-corrected chi connectivity index (χ3v) is 6.85. The zero-order valence-electron chi connectivity index (χ0n) is 11.8. The highest BCUT2D eigenvalue weighted by atomic mass is 32.2. The number of nitro groups is 1. The Balaban J connectivity index is 1.67. The van der Waals surface area contributed by atoms with Gasteiger partial charge in [0.05, 0.1) is 46.3 Å². The van der Waals surface area contributed by atoms with Crippen LogP contribution in [0.1, 0.15) is 5.69 Å². The van der Waals surface area contributed by atoms with Crippen molar-refractivity contribution in [2.45, 2.75) is 0 Å². The van der Waals surface area contributed by atoms with Gasteiger partial charge in [0.1, 0.15) is 5.01 Å². The van der Waals surface area contributed by atoms with E-state index < -0.39 is 14.8 Å². The zero-order chi connectivity index (χ0) is 16.4. The molecule has 0 aromatic carbocycles. The van der Waals surface area contributed by atoms with Gasteiger partial charge in [-0.1, -0.05) is 11.3 Å². The molecule has 0 spiro atoms. The molecule has 1 fully saturated rings. The maximum Gasteiger partial charge on any atom is 0.324 e. The fourth-order valence-electron chi connectivity index (χ4n) is 1.96. The highest BCUT2D eigenvalue weighted by Gasteiger charge is 2.20. The molecule has 3 rings (SSSR count). The van der Waals surface area contributed by atoms with Crippen LogP contribution in [0.3, 0.4) is 0 Å². The average molecular weight is 372 g/mol. The number of nitrogens with zero attached hydrogens (tertiary/aromatic N) is 4. The van der Waals surface area contributed by atoms with E-state index in [-0.39, 0.29) is 16.5 Å². The van der Waals surface area contributed by atoms with E-state index in [1.807, 2.05) is 5.38 Å². The summed E-state index contributed by atoms with van der Waals surface area (Å²) in [6, 6.07) is 3.14. The molecule has 0 N–H and O–H groups in total. The molecule has 0 bridgehead atoms. The Morgan fingerprint density at radius 3 is 2.74 bits per heavy atom. The summed E-state index contributed by atoms with van der Waals surface area (Å²) in [7, 11) is -2.92. The zero-order valence-corrected chi connectivity index (χ0v) is 14.2. The van der Waals surface area contributed by atoms with E-state index in [4.69, 9.17) is 0 Å². The Morgan fingerprint density at radius 2 is 2.09 bits per heavy atom. The molecule has 1 saturated heterocycles. The number of hydrogen-bond donors (Lipinski definition) is 0. The summed E-state index contributed by atoms with van der Waals surface area (Å²) in [6.45, 7) is 0.764. The predicted molar refractivity (Wildman–Crippen MR) is 89.9 cm³/mol. The minimum Gasteiger partial charge on any atom is -0.295 e. The van der Waals surface area contributed by atoms with E-state index in [0.29, 0.717) is 23.8 Å². The topological polar surface area (TPSA) is 106 Å². The first-order valence-corrected chi connectivity index (χ1v) is 10.1. The number of hydrazone groups is 1. The fraction of sp³-hybridized carbons (Fsp3) is 0.333. The minimum atomic E-state index is -2.92. The first-order chi connectivity index (χ1) is 10.9. The van der Waals surface area contributed by atoms with Crippen molar-refractivity contribution in [1.82, 2.24) is 9.99 Å². The monoisotopic (exact) mass is 372 g/mol. The lowest BCUT2D eigenvalue weighted by Gasteiger charge is -2.23. The van der Waals surface area contributed by atoms with Crippen molar-refractivity contribution < 1.29 is 13.3 Å². The highest BCUT2D eigenvalue weighted by molar-refractivity contribution is 7.91. The second-order valence-electron chi connectivity index (χ2n) is 4.82. The summed E-state index contributed by atoms with van der Waals surface area (Å²) < 4.78 is 22.7. The highest BCUT2D eigenvalue weighted by Crippen LogP contribution is 2.34. The normalized spacial score (nSPS) is 17.7. The molecule has 0 radical (unpaired) electrons. The summed E-state index contributed by atoms with van der Waals surface area (Å²) in [5.74, 6) is 0.233. The summed E-state index contributed by atoms with van der Waals surface area (Å²) in [5.41, 5.74) is 0.648. The first-order valence-electron chi connectivity index (χ1n) is 6.62. The van der Waals surface area contributed by atoms with Gasteiger partial charge in [0.2, 0.25) is 0 Å². The molecule has 0 aliphatic carbocycles. The van der Waals surface area contributed by atoms with Gasteiger partial charge in [-0.05, 0) is 6.07 Å². The second kappa shape index (κ2) is 6.34. The Labute approximate surface area is 140 Å². The van der Waals surface area contributed by atoms with Gasteiger partial charge in [-0.25, -0.2) is 13.4 Å². The van der Waals surface area contributed by atoms with Crippen molar-refractivity contribution in [3.05, 3.63) is 33.3 Å². The van der Waals surface area contributed by atoms with Crippen LogP contribution in [0.15, 0.2) is 22.6 Å². The third-order valence-electron chi connectivity index (χ3n) is 3.18. The van der Waals surface area contributed by atoms with Crippen molar-refractivity contribution in [3.8, 4) is 9.88 Å². The van der Waals surface area contributed by atoms with E-state index in [0.717, 1.165) is 16.2 Å². The maximum absolute atomic E-state index is 11.3. The van der Waals surface area contributed by atoms with E-state index >= 15 is 0 Å². The summed E-state index contributed by atoms with van der Waals surface area (Å²) in [5, 5.41) is 19.2. The van der Waals surface area contributed by atoms with Crippen LogP contribution in [0.25, 0.3) is 9.88 Å². The lowest BCUT2D eigenvalue weighted by Crippen LogP contribution is -2.37. The van der Waals surface area contributed by atoms with Crippen molar-refractivity contribution in [2.75, 3.05) is 24.6 Å². The third kappa shape index (κ3) is 3.92. The molecule has 11 heteroatoms. The van der Waals surface area contributed by atoms with Crippen LogP contribution in [0.5, 0.6) is 0 Å². The SMILES string of the molecule is O=[N+]([O-])c1ccc(-c2nc(/C=N/N3CCS(=O)(=O)CC3)cs2)s1. The number of sulfone groups is 1. The second-order valence-corrected chi connectivity index (χ2v) is 9.05. The summed E-state index contributed by atoms with van der Waals surface area (Å²) >= 11 is 2.47. The fourth-order valence-corrected chi connectivity index (χ4v) is 4.80. The number of thiophene rings is 1. The van der Waals surface area contributed by atoms with Gasteiger partial charge in [-0.15, -0.1) is 11.3 Å². The molecular formula is C12H12N4O4S3. The molecule has 23 heavy (non-hydrogen) atoms. The molecule has 3 heterocycles. The van der Waals surface area contributed by atoms with Crippen LogP contribution in [-0.4, -0.2) is 54.1 Å². The van der Waals surface area contributed by atoms with E-state index in [2.05, 4.69) is 10.1 Å². The summed E-state index contributed by atoms with van der Waals surface area (Å²) in [4.78, 5) is 15.4. The Bertz CT molecular complexity index is 841. The standard InChI is InChI=1S/C12H12N4O4S3/c17-16(18)11-2-1-10(22-11)12-14-9(8-21-12)7-13-15-3-5-23(19,20)6-4-15/h1-2,7-8H,3-6H2/b13-7+. The van der Waals surface area contributed by atoms with E-state index in [9.17, 15) is 18.5 Å². The number of hydrogen-bond acceptors (Lipinski definition) is 9. The molecule has 1 aliphatic heterocycles. The lowest BCUT2D eigenvalue weighted by molar-refractivity contribution is -0.380. The van der Waals surface area contributed by atoms with Crippen molar-refractivity contribution in [2.24, 2.45) is 5.10 Å². The molecule has 122 valence electrons. The van der Waals surface area contributed by atoms with Crippen LogP contribution in [0, 0.1) is 10.1 Å². The molecule has 2 aromatic rings. The average Bonchev–Trinajstić information content (AvgIpc) is 3.15. The molecule has 8 nitrogen and oxygen atoms in total. The molecule has 1 aliphatic rings. The van der Waals surface area contributed by atoms with Crippen LogP contribution in [0.4, 0.5) is 5.00 Å². The van der Waals surface area contributed by atoms with E-state index in [1.54, 1.807) is 17.3 Å². The van der Waals surface area contributed by atoms with Crippen LogP contribution in [-0.2, 0) is 9.84 Å². The molecule has 2 aromatic heterocycles. The van der Waals surface area contributed by atoms with Gasteiger partial charge in [-0.2, -0.15) is 5.10 Å². The summed E-state index contributed by atoms with van der Waals surface area (Å²) in [6.07, 6.45) is 1.58. The van der Waals surface area contributed by atoms with Gasteiger partial charge in [0.25, 0.3) is 0 Å². The molecule has 0 unspecified atom stereocenters. The van der Waals surface area contributed by atoms with Crippen LogP contribution >= 0.6 is 22.7 Å². The van der Waals surface area contributed by atoms with Gasteiger partial charge in [0.15, 0.2) is 9.84 Å². The van der Waals surface area contributed by atoms with Gasteiger partial charge in [0, 0.05) is 11.4 Å². The first kappa shape index (κ1) is 16.0. The van der Waals surface area contributed by atoms with Crippen molar-refractivity contribution in [1.29, 1.82) is 0 Å². The van der Waals surface area contributed by atoms with Crippen molar-refractivity contribution in [3.63, 3.8) is 0 Å². The lowest BCUT2D eigenvalue weighted by atomic mass is 10.4. The smallest absolute Gasteiger partial charge is 0.295 e. The van der Waals surface area contributed by atoms with Crippen LogP contribution < -0.4 is 0 Å². The van der Waals surface area contributed by atoms with Crippen molar-refractivity contribution >= 4 is 43.7 Å². The Hall–Kier alpha value is -1.85. The predicted octanol–water partition coefficient (Wildman–Crippen LogP) is 1.84. The Morgan fingerprint density at radius 1 is 1.35 bits per heavy atom. The van der Waals surface area contributed by atoms with Crippen LogP contribution in [0.2, 0.25) is 0 Å². The molecule has 0 atom stereocenters. The quantitative estimate of drug-likeness (QED) is 0.461. The van der Waals surface area contributed by atoms with Gasteiger partial charge in [-0.3, -0.25) is 15.1 Å². The largest absolute Gasteiger partial charge is 0.324 e. The van der Waals surface area contributed by atoms with Gasteiger partial charge >= 0.3 is 5.00 Å². The minimum absolute atomic E-state index is 0.0833. The van der Waals surface area contributed by atoms with E-state index in [1.165, 1.54) is 17.4 Å². The number of rotatable bonds is 4. The molecule has 0 amide bonds. The Kier molecular flexibility index (Phi) is 4.41. The molecular weight excluding hydrogens is 360 g/mol. The van der Waals surface area contributed by atoms with Gasteiger partial charge < -0.3 is 0 Å². The molecule has 0 saturated carbocycles. The number of thiazole rings is 1. The maximum atomic E-state index is 11.3. The number of aromatic nitrogens is 1.